The van der Waals surface area contributed by atoms with Gasteiger partial charge in [0.1, 0.15) is 0 Å². The number of alkyl halides is 1. The molecule has 0 bridgehead atoms. The first-order chi connectivity index (χ1) is 6.69. The quantitative estimate of drug-likeness (QED) is 0.761. The van der Waals surface area contributed by atoms with E-state index < -0.39 is 0 Å². The molecular weight excluding hydrogens is 242 g/mol. The minimum absolute atomic E-state index is 0.0938. The van der Waals surface area contributed by atoms with E-state index in [9.17, 15) is 4.79 Å². The third-order valence-corrected chi connectivity index (χ3v) is 2.56. The van der Waals surface area contributed by atoms with Gasteiger partial charge in [0, 0.05) is 12.2 Å². The van der Waals surface area contributed by atoms with Crippen LogP contribution in [0.2, 0.25) is 0 Å². The molecule has 0 aliphatic carbocycles. The summed E-state index contributed by atoms with van der Waals surface area (Å²) in [6, 6.07) is 7.97. The van der Waals surface area contributed by atoms with E-state index >= 15 is 0 Å². The van der Waals surface area contributed by atoms with Gasteiger partial charge in [-0.3, -0.25) is 4.79 Å². The van der Waals surface area contributed by atoms with Crippen LogP contribution >= 0.6 is 15.9 Å². The van der Waals surface area contributed by atoms with E-state index in [-0.39, 0.29) is 5.91 Å². The number of benzene rings is 1. The zero-order valence-corrected chi connectivity index (χ0v) is 10.0. The SMILES string of the molecule is CCN(C(=O)CBr)c1ccc(C)cc1. The first-order valence-electron chi connectivity index (χ1n) is 4.62. The van der Waals surface area contributed by atoms with Gasteiger partial charge in [-0.2, -0.15) is 0 Å². The van der Waals surface area contributed by atoms with Gasteiger partial charge >= 0.3 is 0 Å². The third-order valence-electron chi connectivity index (χ3n) is 2.08. The molecule has 0 heterocycles. The average molecular weight is 256 g/mol. The van der Waals surface area contributed by atoms with Crippen LogP contribution in [0, 0.1) is 6.92 Å². The smallest absolute Gasteiger partial charge is 0.237 e. The maximum absolute atomic E-state index is 11.5. The highest BCUT2D eigenvalue weighted by atomic mass is 79.9. The number of rotatable bonds is 3. The van der Waals surface area contributed by atoms with Crippen molar-refractivity contribution in [2.75, 3.05) is 16.8 Å². The second-order valence-electron chi connectivity index (χ2n) is 3.11. The van der Waals surface area contributed by atoms with E-state index in [1.54, 1.807) is 4.90 Å². The summed E-state index contributed by atoms with van der Waals surface area (Å²) in [7, 11) is 0. The molecule has 0 aromatic heterocycles. The van der Waals surface area contributed by atoms with E-state index in [0.29, 0.717) is 11.9 Å². The number of anilines is 1. The molecule has 0 saturated carbocycles. The molecule has 0 saturated heterocycles. The monoisotopic (exact) mass is 255 g/mol. The summed E-state index contributed by atoms with van der Waals surface area (Å²) in [5, 5.41) is 0.370. The molecule has 1 aromatic carbocycles. The Morgan fingerprint density at radius 1 is 1.36 bits per heavy atom. The number of amides is 1. The van der Waals surface area contributed by atoms with Crippen LogP contribution in [0.5, 0.6) is 0 Å². The van der Waals surface area contributed by atoms with Crippen molar-refractivity contribution < 1.29 is 4.79 Å². The molecule has 0 fully saturated rings. The lowest BCUT2D eigenvalue weighted by atomic mass is 10.2. The highest BCUT2D eigenvalue weighted by Gasteiger charge is 2.11. The Hall–Kier alpha value is -0.830. The van der Waals surface area contributed by atoms with Crippen molar-refractivity contribution >= 4 is 27.5 Å². The van der Waals surface area contributed by atoms with Gasteiger partial charge < -0.3 is 4.90 Å². The van der Waals surface area contributed by atoms with Crippen LogP contribution in [0.4, 0.5) is 5.69 Å². The molecule has 14 heavy (non-hydrogen) atoms. The fraction of sp³-hybridized carbons (Fsp3) is 0.364. The predicted molar refractivity (Wildman–Crippen MR) is 63.0 cm³/mol. The molecule has 0 N–H and O–H groups in total. The number of nitrogens with zero attached hydrogens (tertiary/aromatic N) is 1. The predicted octanol–water partition coefficient (Wildman–Crippen LogP) is 2.74. The van der Waals surface area contributed by atoms with E-state index in [1.807, 2.05) is 38.1 Å². The Morgan fingerprint density at radius 3 is 2.36 bits per heavy atom. The molecule has 0 unspecified atom stereocenters. The average Bonchev–Trinajstić information content (AvgIpc) is 2.21. The molecule has 0 atom stereocenters. The molecule has 2 nitrogen and oxygen atoms in total. The zero-order chi connectivity index (χ0) is 10.6. The Kier molecular flexibility index (Phi) is 4.14. The maximum Gasteiger partial charge on any atom is 0.237 e. The lowest BCUT2D eigenvalue weighted by Crippen LogP contribution is -2.31. The maximum atomic E-state index is 11.5. The number of carbonyl (C=O) groups is 1. The molecule has 0 radical (unpaired) electrons. The molecule has 76 valence electrons. The fourth-order valence-electron chi connectivity index (χ4n) is 1.30. The number of hydrogen-bond acceptors (Lipinski definition) is 1. The Morgan fingerprint density at radius 2 is 1.93 bits per heavy atom. The summed E-state index contributed by atoms with van der Waals surface area (Å²) in [4.78, 5) is 13.3. The van der Waals surface area contributed by atoms with Gasteiger partial charge in [-0.15, -0.1) is 0 Å². The number of aryl methyl sites for hydroxylation is 1. The molecule has 1 aromatic rings. The van der Waals surface area contributed by atoms with Gasteiger partial charge in [-0.05, 0) is 26.0 Å². The highest BCUT2D eigenvalue weighted by Crippen LogP contribution is 2.15. The molecule has 1 rings (SSSR count). The van der Waals surface area contributed by atoms with Crippen LogP contribution in [0.1, 0.15) is 12.5 Å². The van der Waals surface area contributed by atoms with Gasteiger partial charge in [-0.1, -0.05) is 33.6 Å². The molecule has 1 amide bonds. The molecule has 3 heteroatoms. The zero-order valence-electron chi connectivity index (χ0n) is 8.46. The van der Waals surface area contributed by atoms with Crippen molar-refractivity contribution in [1.29, 1.82) is 0 Å². The summed E-state index contributed by atoms with van der Waals surface area (Å²) >= 11 is 3.18. The van der Waals surface area contributed by atoms with Crippen molar-refractivity contribution in [3.8, 4) is 0 Å². The minimum atomic E-state index is 0.0938. The van der Waals surface area contributed by atoms with E-state index in [1.165, 1.54) is 5.56 Å². The van der Waals surface area contributed by atoms with Crippen LogP contribution in [0.15, 0.2) is 24.3 Å². The summed E-state index contributed by atoms with van der Waals surface area (Å²) in [5.41, 5.74) is 2.17. The topological polar surface area (TPSA) is 20.3 Å². The first kappa shape index (κ1) is 11.2. The standard InChI is InChI=1S/C11H14BrNO/c1-3-13(11(14)8-12)10-6-4-9(2)5-7-10/h4-7H,3,8H2,1-2H3. The second kappa shape index (κ2) is 5.15. The van der Waals surface area contributed by atoms with Gasteiger partial charge in [-0.25, -0.2) is 0 Å². The van der Waals surface area contributed by atoms with Gasteiger partial charge in [0.2, 0.25) is 5.91 Å². The Bertz CT molecular complexity index is 308. The summed E-state index contributed by atoms with van der Waals surface area (Å²) in [6.45, 7) is 4.71. The van der Waals surface area contributed by atoms with Crippen molar-refractivity contribution in [2.45, 2.75) is 13.8 Å². The van der Waals surface area contributed by atoms with E-state index in [0.717, 1.165) is 5.69 Å². The molecule has 0 spiro atoms. The molecule has 0 aliphatic rings. The van der Waals surface area contributed by atoms with Crippen LogP contribution in [0.25, 0.3) is 0 Å². The lowest BCUT2D eigenvalue weighted by Gasteiger charge is -2.19. The fourth-order valence-corrected chi connectivity index (χ4v) is 1.60. The van der Waals surface area contributed by atoms with E-state index in [4.69, 9.17) is 0 Å². The molecule has 0 aliphatic heterocycles. The largest absolute Gasteiger partial charge is 0.312 e. The van der Waals surface area contributed by atoms with E-state index in [2.05, 4.69) is 15.9 Å². The Labute approximate surface area is 93.0 Å². The van der Waals surface area contributed by atoms with Crippen molar-refractivity contribution in [1.82, 2.24) is 0 Å². The van der Waals surface area contributed by atoms with Gasteiger partial charge in [0.25, 0.3) is 0 Å². The molecular formula is C11H14BrNO. The number of halogens is 1. The minimum Gasteiger partial charge on any atom is -0.312 e. The normalized spacial score (nSPS) is 9.93. The van der Waals surface area contributed by atoms with Crippen LogP contribution < -0.4 is 4.90 Å². The Balaban J connectivity index is 2.89. The summed E-state index contributed by atoms with van der Waals surface area (Å²) in [6.07, 6.45) is 0. The lowest BCUT2D eigenvalue weighted by molar-refractivity contribution is -0.116. The third kappa shape index (κ3) is 2.58. The van der Waals surface area contributed by atoms with Crippen molar-refractivity contribution in [2.24, 2.45) is 0 Å². The highest BCUT2D eigenvalue weighted by molar-refractivity contribution is 9.09. The van der Waals surface area contributed by atoms with Gasteiger partial charge in [0.05, 0.1) is 5.33 Å². The summed E-state index contributed by atoms with van der Waals surface area (Å²) in [5.74, 6) is 0.0938. The van der Waals surface area contributed by atoms with Crippen LogP contribution in [-0.2, 0) is 4.79 Å². The number of carbonyl (C=O) groups excluding carboxylic acids is 1. The number of hydrogen-bond donors (Lipinski definition) is 0. The van der Waals surface area contributed by atoms with Gasteiger partial charge in [0.15, 0.2) is 0 Å². The van der Waals surface area contributed by atoms with Crippen LogP contribution in [-0.4, -0.2) is 17.8 Å². The van der Waals surface area contributed by atoms with Crippen molar-refractivity contribution in [3.05, 3.63) is 29.8 Å². The van der Waals surface area contributed by atoms with Crippen molar-refractivity contribution in [3.63, 3.8) is 0 Å². The van der Waals surface area contributed by atoms with Crippen LogP contribution in [0.3, 0.4) is 0 Å². The first-order valence-corrected chi connectivity index (χ1v) is 5.74. The summed E-state index contributed by atoms with van der Waals surface area (Å²) < 4.78 is 0. The second-order valence-corrected chi connectivity index (χ2v) is 3.67.